The van der Waals surface area contributed by atoms with Crippen LogP contribution < -0.4 is 10.6 Å². The number of anilines is 1. The highest BCUT2D eigenvalue weighted by Crippen LogP contribution is 2.23. The van der Waals surface area contributed by atoms with Crippen molar-refractivity contribution in [3.05, 3.63) is 46.5 Å². The summed E-state index contributed by atoms with van der Waals surface area (Å²) in [6.45, 7) is 0.852. The molecule has 1 aliphatic heterocycles. The maximum absolute atomic E-state index is 13.7. The predicted molar refractivity (Wildman–Crippen MR) is 92.8 cm³/mol. The lowest BCUT2D eigenvalue weighted by atomic mass is 10.0. The summed E-state index contributed by atoms with van der Waals surface area (Å²) in [5, 5.41) is 6.47. The summed E-state index contributed by atoms with van der Waals surface area (Å²) in [6.07, 6.45) is 4.88. The SMILES string of the molecule is Cl.O=C(Nc1ncc(Cc2ccc(F)cc2F)s1)C1CCCCN1. The molecule has 1 unspecified atom stereocenters. The van der Waals surface area contributed by atoms with E-state index in [4.69, 9.17) is 0 Å². The van der Waals surface area contributed by atoms with Crippen LogP contribution in [0, 0.1) is 11.6 Å². The zero-order chi connectivity index (χ0) is 16.2. The van der Waals surface area contributed by atoms with Crippen molar-refractivity contribution < 1.29 is 13.6 Å². The van der Waals surface area contributed by atoms with Crippen molar-refractivity contribution in [1.29, 1.82) is 0 Å². The van der Waals surface area contributed by atoms with Crippen LogP contribution in [0.1, 0.15) is 29.7 Å². The van der Waals surface area contributed by atoms with Crippen LogP contribution in [0.15, 0.2) is 24.4 Å². The van der Waals surface area contributed by atoms with Crippen molar-refractivity contribution >= 4 is 34.8 Å². The lowest BCUT2D eigenvalue weighted by Crippen LogP contribution is -2.43. The van der Waals surface area contributed by atoms with Crippen molar-refractivity contribution in [2.75, 3.05) is 11.9 Å². The summed E-state index contributed by atoms with van der Waals surface area (Å²) in [6, 6.07) is 3.35. The van der Waals surface area contributed by atoms with E-state index in [1.165, 1.54) is 23.5 Å². The minimum atomic E-state index is -0.594. The molecule has 1 aliphatic rings. The number of halogens is 3. The van der Waals surface area contributed by atoms with Crippen molar-refractivity contribution in [1.82, 2.24) is 10.3 Å². The summed E-state index contributed by atoms with van der Waals surface area (Å²) in [5.74, 6) is -1.25. The molecule has 0 bridgehead atoms. The van der Waals surface area contributed by atoms with Gasteiger partial charge in [-0.1, -0.05) is 12.5 Å². The number of rotatable bonds is 4. The Kier molecular flexibility index (Phi) is 6.65. The van der Waals surface area contributed by atoms with Gasteiger partial charge >= 0.3 is 0 Å². The monoisotopic (exact) mass is 373 g/mol. The van der Waals surface area contributed by atoms with Crippen LogP contribution in [-0.4, -0.2) is 23.5 Å². The third kappa shape index (κ3) is 4.72. The molecule has 0 saturated carbocycles. The number of thiazole rings is 1. The number of amides is 1. The van der Waals surface area contributed by atoms with Gasteiger partial charge in [-0.15, -0.1) is 23.7 Å². The van der Waals surface area contributed by atoms with Gasteiger partial charge in [-0.3, -0.25) is 4.79 Å². The molecule has 1 aromatic carbocycles. The molecule has 3 rings (SSSR count). The van der Waals surface area contributed by atoms with Gasteiger partial charge in [0.25, 0.3) is 0 Å². The van der Waals surface area contributed by atoms with Gasteiger partial charge in [0.2, 0.25) is 5.91 Å². The number of hydrogen-bond acceptors (Lipinski definition) is 4. The van der Waals surface area contributed by atoms with Crippen molar-refractivity contribution in [2.45, 2.75) is 31.7 Å². The average Bonchev–Trinajstić information content (AvgIpc) is 2.98. The van der Waals surface area contributed by atoms with Crippen LogP contribution in [0.2, 0.25) is 0 Å². The second kappa shape index (κ2) is 8.50. The molecule has 8 heteroatoms. The molecule has 130 valence electrons. The number of carbonyl (C=O) groups is 1. The summed E-state index contributed by atoms with van der Waals surface area (Å²) < 4.78 is 26.6. The first-order chi connectivity index (χ1) is 11.1. The molecule has 0 spiro atoms. The molecule has 4 nitrogen and oxygen atoms in total. The van der Waals surface area contributed by atoms with Gasteiger partial charge in [-0.2, -0.15) is 0 Å². The summed E-state index contributed by atoms with van der Waals surface area (Å²) in [5.41, 5.74) is 0.405. The standard InChI is InChI=1S/C16H17F2N3OS.ClH/c17-11-5-4-10(13(18)8-11)7-12-9-20-16(23-12)21-15(22)14-3-1-2-6-19-14;/h4-5,8-9,14,19H,1-3,6-7H2,(H,20,21,22);1H. The number of piperidine rings is 1. The third-order valence-electron chi connectivity index (χ3n) is 3.79. The van der Waals surface area contributed by atoms with Gasteiger partial charge in [0.15, 0.2) is 5.13 Å². The second-order valence-corrected chi connectivity index (χ2v) is 6.65. The van der Waals surface area contributed by atoms with E-state index in [9.17, 15) is 13.6 Å². The molecule has 0 radical (unpaired) electrons. The molecule has 1 fully saturated rings. The lowest BCUT2D eigenvalue weighted by molar-refractivity contribution is -0.118. The fourth-order valence-corrected chi connectivity index (χ4v) is 3.41. The van der Waals surface area contributed by atoms with Gasteiger partial charge in [0, 0.05) is 23.6 Å². The van der Waals surface area contributed by atoms with Crippen LogP contribution >= 0.6 is 23.7 Å². The van der Waals surface area contributed by atoms with E-state index in [0.29, 0.717) is 17.1 Å². The summed E-state index contributed by atoms with van der Waals surface area (Å²) in [7, 11) is 0. The number of hydrogen-bond donors (Lipinski definition) is 2. The Morgan fingerprint density at radius 2 is 2.21 bits per heavy atom. The number of carbonyl (C=O) groups excluding carboxylic acids is 1. The largest absolute Gasteiger partial charge is 0.306 e. The van der Waals surface area contributed by atoms with Crippen LogP contribution in [-0.2, 0) is 11.2 Å². The third-order valence-corrected chi connectivity index (χ3v) is 4.70. The van der Waals surface area contributed by atoms with Gasteiger partial charge in [-0.25, -0.2) is 13.8 Å². The average molecular weight is 374 g/mol. The van der Waals surface area contributed by atoms with E-state index in [-0.39, 0.29) is 24.4 Å². The predicted octanol–water partition coefficient (Wildman–Crippen LogP) is 3.51. The van der Waals surface area contributed by atoms with E-state index >= 15 is 0 Å². The van der Waals surface area contributed by atoms with E-state index in [0.717, 1.165) is 36.8 Å². The molecule has 1 saturated heterocycles. The number of benzene rings is 1. The Hall–Kier alpha value is -1.57. The van der Waals surface area contributed by atoms with E-state index < -0.39 is 11.6 Å². The zero-order valence-electron chi connectivity index (χ0n) is 12.9. The lowest BCUT2D eigenvalue weighted by Gasteiger charge is -2.21. The molecular weight excluding hydrogens is 356 g/mol. The quantitative estimate of drug-likeness (QED) is 0.862. The second-order valence-electron chi connectivity index (χ2n) is 5.54. The Balaban J connectivity index is 0.00000208. The summed E-state index contributed by atoms with van der Waals surface area (Å²) >= 11 is 1.30. The Morgan fingerprint density at radius 3 is 2.92 bits per heavy atom. The van der Waals surface area contributed by atoms with Crippen molar-refractivity contribution in [3.63, 3.8) is 0 Å². The maximum Gasteiger partial charge on any atom is 0.243 e. The van der Waals surface area contributed by atoms with E-state index in [1.54, 1.807) is 6.20 Å². The normalized spacial score (nSPS) is 17.2. The molecule has 24 heavy (non-hydrogen) atoms. The van der Waals surface area contributed by atoms with Crippen LogP contribution in [0.5, 0.6) is 0 Å². The topological polar surface area (TPSA) is 54.0 Å². The highest BCUT2D eigenvalue weighted by Gasteiger charge is 2.21. The number of aromatic nitrogens is 1. The van der Waals surface area contributed by atoms with Gasteiger partial charge in [-0.05, 0) is 31.0 Å². The minimum absolute atomic E-state index is 0. The van der Waals surface area contributed by atoms with E-state index in [1.807, 2.05) is 0 Å². The van der Waals surface area contributed by atoms with Gasteiger partial charge in [0.1, 0.15) is 11.6 Å². The zero-order valence-corrected chi connectivity index (χ0v) is 14.5. The minimum Gasteiger partial charge on any atom is -0.306 e. The fraction of sp³-hybridized carbons (Fsp3) is 0.375. The Bertz CT molecular complexity index is 704. The molecule has 1 amide bonds. The summed E-state index contributed by atoms with van der Waals surface area (Å²) in [4.78, 5) is 17.1. The molecule has 2 aromatic rings. The number of nitrogens with zero attached hydrogens (tertiary/aromatic N) is 1. The number of nitrogens with one attached hydrogen (secondary N) is 2. The first kappa shape index (κ1) is 18.8. The molecular formula is C16H18ClF2N3OS. The molecule has 2 heterocycles. The Labute approximate surface area is 149 Å². The highest BCUT2D eigenvalue weighted by atomic mass is 35.5. The van der Waals surface area contributed by atoms with Crippen molar-refractivity contribution in [2.24, 2.45) is 0 Å². The van der Waals surface area contributed by atoms with E-state index in [2.05, 4.69) is 15.6 Å². The van der Waals surface area contributed by atoms with Gasteiger partial charge in [0.05, 0.1) is 6.04 Å². The van der Waals surface area contributed by atoms with Crippen LogP contribution in [0.25, 0.3) is 0 Å². The first-order valence-electron chi connectivity index (χ1n) is 7.55. The Morgan fingerprint density at radius 1 is 1.38 bits per heavy atom. The molecule has 1 atom stereocenters. The smallest absolute Gasteiger partial charge is 0.243 e. The highest BCUT2D eigenvalue weighted by molar-refractivity contribution is 7.15. The maximum atomic E-state index is 13.7. The fourth-order valence-electron chi connectivity index (χ4n) is 2.57. The van der Waals surface area contributed by atoms with Crippen molar-refractivity contribution in [3.8, 4) is 0 Å². The molecule has 2 N–H and O–H groups in total. The molecule has 0 aliphatic carbocycles. The van der Waals surface area contributed by atoms with Gasteiger partial charge < -0.3 is 10.6 Å². The first-order valence-corrected chi connectivity index (χ1v) is 8.36. The van der Waals surface area contributed by atoms with Crippen LogP contribution in [0.3, 0.4) is 0 Å². The van der Waals surface area contributed by atoms with Crippen LogP contribution in [0.4, 0.5) is 13.9 Å². The molecule has 1 aromatic heterocycles.